The van der Waals surface area contributed by atoms with Gasteiger partial charge in [-0.1, -0.05) is 30.3 Å². The number of hydrogen-bond acceptors (Lipinski definition) is 5. The number of hydrogen-bond donors (Lipinski definition) is 0. The Hall–Kier alpha value is -2.60. The highest BCUT2D eigenvalue weighted by Gasteiger charge is 2.34. The highest BCUT2D eigenvalue weighted by atomic mass is 32.2. The van der Waals surface area contributed by atoms with E-state index in [0.29, 0.717) is 34.7 Å². The van der Waals surface area contributed by atoms with Crippen LogP contribution in [0.4, 0.5) is 0 Å². The van der Waals surface area contributed by atoms with Crippen molar-refractivity contribution in [2.75, 3.05) is 12.3 Å². The van der Waals surface area contributed by atoms with Crippen LogP contribution in [-0.2, 0) is 0 Å². The van der Waals surface area contributed by atoms with Crippen LogP contribution in [0.2, 0.25) is 0 Å². The third-order valence-corrected chi connectivity index (χ3v) is 4.93. The molecule has 0 N–H and O–H groups in total. The summed E-state index contributed by atoms with van der Waals surface area (Å²) in [5, 5.41) is 11.1. The normalized spacial score (nSPS) is 13.2. The summed E-state index contributed by atoms with van der Waals surface area (Å²) in [5.41, 5.74) is 1.04. The second-order valence-electron chi connectivity index (χ2n) is 5.29. The number of carbonyl (C=O) groups excluding carboxylic acids is 3. The van der Waals surface area contributed by atoms with E-state index in [0.717, 1.165) is 0 Å². The van der Waals surface area contributed by atoms with Crippen LogP contribution in [0.15, 0.2) is 53.4 Å². The lowest BCUT2D eigenvalue weighted by Gasteiger charge is -2.14. The molecule has 0 spiro atoms. The second kappa shape index (κ2) is 6.88. The molecule has 6 heteroatoms. The average molecular weight is 340 g/mol. The second-order valence-corrected chi connectivity index (χ2v) is 6.43. The molecule has 3 rings (SSSR count). The lowest BCUT2D eigenvalue weighted by atomic mass is 10.1. The quantitative estimate of drug-likeness (QED) is 0.455. The zero-order valence-corrected chi connectivity index (χ0v) is 13.5. The summed E-state index contributed by atoms with van der Waals surface area (Å²) >= 11 is 1.37. The third kappa shape index (κ3) is 3.05. The molecular weight excluding hydrogens is 326 g/mol. The SMILES string of the molecule is O=C([O-])c1ccccc1SCCCN1C(=O)c2ccccc2C1=O. The van der Waals surface area contributed by atoms with E-state index in [1.807, 2.05) is 0 Å². The van der Waals surface area contributed by atoms with Crippen molar-refractivity contribution in [2.45, 2.75) is 11.3 Å². The first-order valence-electron chi connectivity index (χ1n) is 7.48. The van der Waals surface area contributed by atoms with Gasteiger partial charge < -0.3 is 9.90 Å². The summed E-state index contributed by atoms with van der Waals surface area (Å²) in [7, 11) is 0. The van der Waals surface area contributed by atoms with Crippen LogP contribution in [0.5, 0.6) is 0 Å². The number of benzene rings is 2. The van der Waals surface area contributed by atoms with Crippen molar-refractivity contribution in [2.24, 2.45) is 0 Å². The van der Waals surface area contributed by atoms with Gasteiger partial charge in [0.1, 0.15) is 0 Å². The van der Waals surface area contributed by atoms with Crippen LogP contribution in [-0.4, -0.2) is 35.0 Å². The summed E-state index contributed by atoms with van der Waals surface area (Å²) < 4.78 is 0. The summed E-state index contributed by atoms with van der Waals surface area (Å²) in [6, 6.07) is 13.4. The van der Waals surface area contributed by atoms with E-state index in [1.54, 1.807) is 42.5 Å². The monoisotopic (exact) mass is 340 g/mol. The van der Waals surface area contributed by atoms with Crippen molar-refractivity contribution in [1.82, 2.24) is 4.90 Å². The van der Waals surface area contributed by atoms with E-state index in [4.69, 9.17) is 0 Å². The van der Waals surface area contributed by atoms with Crippen LogP contribution in [0.1, 0.15) is 37.5 Å². The number of amides is 2. The number of carbonyl (C=O) groups is 3. The first-order valence-corrected chi connectivity index (χ1v) is 8.46. The van der Waals surface area contributed by atoms with Gasteiger partial charge in [-0.05, 0) is 30.4 Å². The average Bonchev–Trinajstić information content (AvgIpc) is 2.84. The van der Waals surface area contributed by atoms with Crippen LogP contribution in [0.25, 0.3) is 0 Å². The number of aromatic carboxylic acids is 1. The molecule has 1 aliphatic heterocycles. The lowest BCUT2D eigenvalue weighted by molar-refractivity contribution is -0.255. The molecular formula is C18H14NO4S-. The fourth-order valence-electron chi connectivity index (χ4n) is 2.61. The van der Waals surface area contributed by atoms with Crippen LogP contribution >= 0.6 is 11.8 Å². The molecule has 0 aliphatic carbocycles. The smallest absolute Gasteiger partial charge is 0.261 e. The number of imide groups is 1. The van der Waals surface area contributed by atoms with Gasteiger partial charge in [-0.25, -0.2) is 0 Å². The van der Waals surface area contributed by atoms with Gasteiger partial charge in [-0.15, -0.1) is 11.8 Å². The zero-order valence-electron chi connectivity index (χ0n) is 12.7. The van der Waals surface area contributed by atoms with Crippen molar-refractivity contribution in [3.63, 3.8) is 0 Å². The summed E-state index contributed by atoms with van der Waals surface area (Å²) in [4.78, 5) is 37.4. The van der Waals surface area contributed by atoms with Gasteiger partial charge in [-0.3, -0.25) is 14.5 Å². The molecule has 0 unspecified atom stereocenters. The minimum absolute atomic E-state index is 0.156. The van der Waals surface area contributed by atoms with E-state index in [2.05, 4.69) is 0 Å². The molecule has 2 aromatic carbocycles. The Labute approximate surface area is 143 Å². The third-order valence-electron chi connectivity index (χ3n) is 3.77. The Morgan fingerprint density at radius 3 is 2.17 bits per heavy atom. The molecule has 0 saturated carbocycles. The van der Waals surface area contributed by atoms with E-state index < -0.39 is 5.97 Å². The van der Waals surface area contributed by atoms with Crippen molar-refractivity contribution >= 4 is 29.5 Å². The molecule has 2 amide bonds. The Kier molecular flexibility index (Phi) is 4.66. The number of carboxylic acid groups (broad SMARTS) is 1. The van der Waals surface area contributed by atoms with Gasteiger partial charge in [0, 0.05) is 17.0 Å². The van der Waals surface area contributed by atoms with Gasteiger partial charge in [0.2, 0.25) is 0 Å². The van der Waals surface area contributed by atoms with Gasteiger partial charge in [0.15, 0.2) is 0 Å². The Balaban J connectivity index is 1.58. The molecule has 2 aromatic rings. The number of thioether (sulfide) groups is 1. The minimum atomic E-state index is -1.21. The number of carboxylic acids is 1. The molecule has 0 fully saturated rings. The maximum atomic E-state index is 12.2. The first kappa shape index (κ1) is 16.3. The number of nitrogens with zero attached hydrogens (tertiary/aromatic N) is 1. The maximum absolute atomic E-state index is 12.2. The zero-order chi connectivity index (χ0) is 17.1. The Bertz CT molecular complexity index is 783. The number of fused-ring (bicyclic) bond motifs is 1. The van der Waals surface area contributed by atoms with Crippen molar-refractivity contribution in [1.29, 1.82) is 0 Å². The Morgan fingerprint density at radius 2 is 1.54 bits per heavy atom. The first-order chi connectivity index (χ1) is 11.6. The lowest BCUT2D eigenvalue weighted by Crippen LogP contribution is -2.31. The number of rotatable bonds is 6. The van der Waals surface area contributed by atoms with Gasteiger partial charge >= 0.3 is 0 Å². The molecule has 0 saturated heterocycles. The molecule has 1 heterocycles. The molecule has 5 nitrogen and oxygen atoms in total. The fourth-order valence-corrected chi connectivity index (χ4v) is 3.58. The maximum Gasteiger partial charge on any atom is 0.261 e. The molecule has 0 bridgehead atoms. The van der Waals surface area contributed by atoms with E-state index in [1.165, 1.54) is 22.7 Å². The molecule has 0 atom stereocenters. The van der Waals surface area contributed by atoms with Gasteiger partial charge in [-0.2, -0.15) is 0 Å². The van der Waals surface area contributed by atoms with E-state index in [-0.39, 0.29) is 17.4 Å². The predicted octanol–water partition coefficient (Wildman–Crippen LogP) is 1.83. The molecule has 122 valence electrons. The summed E-state index contributed by atoms with van der Waals surface area (Å²) in [5.74, 6) is -1.15. The standard InChI is InChI=1S/C18H15NO4S/c20-16-12-6-1-2-7-13(12)17(21)19(16)10-5-11-24-15-9-4-3-8-14(15)18(22)23/h1-4,6-9H,5,10-11H2,(H,22,23)/p-1. The van der Waals surface area contributed by atoms with Crippen LogP contribution < -0.4 is 5.11 Å². The van der Waals surface area contributed by atoms with Gasteiger partial charge in [0.05, 0.1) is 17.1 Å². The van der Waals surface area contributed by atoms with Gasteiger partial charge in [0.25, 0.3) is 11.8 Å². The molecule has 1 aliphatic rings. The molecule has 0 aromatic heterocycles. The van der Waals surface area contributed by atoms with Crippen LogP contribution in [0.3, 0.4) is 0 Å². The summed E-state index contributed by atoms with van der Waals surface area (Å²) in [6.07, 6.45) is 0.581. The van der Waals surface area contributed by atoms with E-state index >= 15 is 0 Å². The fraction of sp³-hybridized carbons (Fsp3) is 0.167. The largest absolute Gasteiger partial charge is 0.545 e. The van der Waals surface area contributed by atoms with Crippen molar-refractivity contribution < 1.29 is 19.5 Å². The van der Waals surface area contributed by atoms with Crippen molar-refractivity contribution in [3.05, 3.63) is 65.2 Å². The highest BCUT2D eigenvalue weighted by Crippen LogP contribution is 2.25. The molecule has 24 heavy (non-hydrogen) atoms. The van der Waals surface area contributed by atoms with E-state index in [9.17, 15) is 19.5 Å². The van der Waals surface area contributed by atoms with Crippen LogP contribution in [0, 0.1) is 0 Å². The minimum Gasteiger partial charge on any atom is -0.545 e. The predicted molar refractivity (Wildman–Crippen MR) is 87.9 cm³/mol. The van der Waals surface area contributed by atoms with Crippen molar-refractivity contribution in [3.8, 4) is 0 Å². The molecule has 0 radical (unpaired) electrons. The summed E-state index contributed by atoms with van der Waals surface area (Å²) in [6.45, 7) is 0.312. The Morgan fingerprint density at radius 1 is 0.958 bits per heavy atom. The topological polar surface area (TPSA) is 77.5 Å². The highest BCUT2D eigenvalue weighted by molar-refractivity contribution is 7.99.